The molecule has 12 heteroatoms. The van der Waals surface area contributed by atoms with Gasteiger partial charge in [-0.2, -0.15) is 0 Å². The van der Waals surface area contributed by atoms with Gasteiger partial charge in [-0.15, -0.1) is 0 Å². The highest BCUT2D eigenvalue weighted by Crippen LogP contribution is 2.36. The molecule has 12 nitrogen and oxygen atoms in total. The molecule has 0 saturated carbocycles. The highest BCUT2D eigenvalue weighted by molar-refractivity contribution is 5.95. The van der Waals surface area contributed by atoms with E-state index in [0.717, 1.165) is 11.1 Å². The van der Waals surface area contributed by atoms with Gasteiger partial charge in [-0.25, -0.2) is 9.80 Å². The summed E-state index contributed by atoms with van der Waals surface area (Å²) in [6.07, 6.45) is 0.588. The number of hydrogen-bond donors (Lipinski definition) is 4. The second kappa shape index (κ2) is 14.7. The van der Waals surface area contributed by atoms with E-state index in [1.165, 1.54) is 4.90 Å². The van der Waals surface area contributed by atoms with Gasteiger partial charge in [-0.3, -0.25) is 24.6 Å². The maximum Gasteiger partial charge on any atom is 0.315 e. The van der Waals surface area contributed by atoms with E-state index in [1.807, 2.05) is 69.2 Å². The Morgan fingerprint density at radius 1 is 1.12 bits per heavy atom. The van der Waals surface area contributed by atoms with Crippen molar-refractivity contribution in [1.82, 2.24) is 26.0 Å². The predicted molar refractivity (Wildman–Crippen MR) is 157 cm³/mol. The fraction of sp³-hybridized carbons (Fsp3) is 0.759. The Morgan fingerprint density at radius 3 is 2.15 bits per heavy atom. The van der Waals surface area contributed by atoms with Gasteiger partial charge in [0, 0.05) is 18.5 Å². The number of amides is 6. The van der Waals surface area contributed by atoms with E-state index in [2.05, 4.69) is 22.6 Å². The quantitative estimate of drug-likeness (QED) is 0.216. The minimum atomic E-state index is -1.09. The van der Waals surface area contributed by atoms with Crippen LogP contribution in [0.3, 0.4) is 0 Å². The number of urea groups is 1. The summed E-state index contributed by atoms with van der Waals surface area (Å²) in [7, 11) is 0. The summed E-state index contributed by atoms with van der Waals surface area (Å²) < 4.78 is 6.22. The summed E-state index contributed by atoms with van der Waals surface area (Å²) in [5, 5.41) is 6.62. The Labute approximate surface area is 245 Å². The molecule has 0 bridgehead atoms. The van der Waals surface area contributed by atoms with Crippen LogP contribution in [-0.4, -0.2) is 82.0 Å². The molecule has 0 aromatic rings. The van der Waals surface area contributed by atoms with Crippen LogP contribution < -0.4 is 21.8 Å². The molecule has 6 amide bonds. The molecule has 1 aliphatic heterocycles. The van der Waals surface area contributed by atoms with Crippen molar-refractivity contribution < 1.29 is 28.7 Å². The van der Waals surface area contributed by atoms with Crippen molar-refractivity contribution >= 4 is 29.7 Å². The van der Waals surface area contributed by atoms with Crippen LogP contribution in [0.25, 0.3) is 0 Å². The number of primary amides is 1. The summed E-state index contributed by atoms with van der Waals surface area (Å²) >= 11 is 0. The van der Waals surface area contributed by atoms with Crippen molar-refractivity contribution in [3.63, 3.8) is 0 Å². The fourth-order valence-electron chi connectivity index (χ4n) is 5.23. The van der Waals surface area contributed by atoms with E-state index in [4.69, 9.17) is 10.5 Å². The van der Waals surface area contributed by atoms with Crippen LogP contribution in [0.5, 0.6) is 0 Å². The maximum absolute atomic E-state index is 14.3. The molecule has 5 atom stereocenters. The lowest BCUT2D eigenvalue weighted by Crippen LogP contribution is -2.62. The highest BCUT2D eigenvalue weighted by atomic mass is 16.5. The number of rotatable bonds is 11. The lowest BCUT2D eigenvalue weighted by Gasteiger charge is -2.37. The predicted octanol–water partition coefficient (Wildman–Crippen LogP) is 2.09. The summed E-state index contributed by atoms with van der Waals surface area (Å²) in [6, 6.07) is -2.57. The van der Waals surface area contributed by atoms with E-state index < -0.39 is 59.0 Å². The normalized spacial score (nSPS) is 20.7. The van der Waals surface area contributed by atoms with Gasteiger partial charge < -0.3 is 26.0 Å². The molecule has 1 rings (SSSR count). The first-order valence-corrected chi connectivity index (χ1v) is 14.3. The summed E-state index contributed by atoms with van der Waals surface area (Å²) in [6.45, 7) is 22.4. The van der Waals surface area contributed by atoms with Gasteiger partial charge in [-0.1, -0.05) is 34.3 Å². The lowest BCUT2D eigenvalue weighted by atomic mass is 9.82. The summed E-state index contributed by atoms with van der Waals surface area (Å²) in [5.74, 6) is -2.59. The zero-order valence-corrected chi connectivity index (χ0v) is 26.5. The summed E-state index contributed by atoms with van der Waals surface area (Å²) in [4.78, 5) is 66.4. The Hall–Kier alpha value is -3.15. The molecule has 41 heavy (non-hydrogen) atoms. The molecular weight excluding hydrogens is 528 g/mol. The first-order valence-electron chi connectivity index (χ1n) is 14.3. The molecule has 5 N–H and O–H groups in total. The zero-order valence-electron chi connectivity index (χ0n) is 26.5. The van der Waals surface area contributed by atoms with Crippen molar-refractivity contribution in [2.45, 2.75) is 111 Å². The number of nitrogens with one attached hydrogen (secondary N) is 3. The van der Waals surface area contributed by atoms with Crippen LogP contribution in [0.1, 0.15) is 82.1 Å². The van der Waals surface area contributed by atoms with Gasteiger partial charge in [0.05, 0.1) is 18.2 Å². The third kappa shape index (κ3) is 11.0. The molecule has 0 aliphatic carbocycles. The van der Waals surface area contributed by atoms with Gasteiger partial charge in [0.25, 0.3) is 11.8 Å². The molecule has 0 unspecified atom stereocenters. The van der Waals surface area contributed by atoms with Crippen molar-refractivity contribution in [2.24, 2.45) is 23.5 Å². The Kier molecular flexibility index (Phi) is 12.8. The number of hydrazine groups is 1. The molecule has 0 aromatic heterocycles. The third-order valence-corrected chi connectivity index (χ3v) is 6.75. The van der Waals surface area contributed by atoms with Crippen LogP contribution >= 0.6 is 0 Å². The van der Waals surface area contributed by atoms with Crippen molar-refractivity contribution in [1.29, 1.82) is 0 Å². The van der Waals surface area contributed by atoms with Crippen LogP contribution in [0.2, 0.25) is 0 Å². The number of likely N-dealkylation sites (tertiary alicyclic amines) is 1. The Balaban J connectivity index is 3.51. The highest BCUT2D eigenvalue weighted by Gasteiger charge is 2.50. The lowest BCUT2D eigenvalue weighted by molar-refractivity contribution is -0.150. The summed E-state index contributed by atoms with van der Waals surface area (Å²) in [5.41, 5.74) is 6.68. The van der Waals surface area contributed by atoms with Crippen molar-refractivity contribution in [3.8, 4) is 0 Å². The molecule has 0 aromatic carbocycles. The Morgan fingerprint density at radius 2 is 1.71 bits per heavy atom. The minimum Gasteiger partial charge on any atom is -0.370 e. The van der Waals surface area contributed by atoms with Gasteiger partial charge in [0.15, 0.2) is 0 Å². The van der Waals surface area contributed by atoms with Crippen molar-refractivity contribution in [3.05, 3.63) is 12.7 Å². The zero-order chi connectivity index (χ0) is 31.9. The second-order valence-corrected chi connectivity index (χ2v) is 13.1. The molecule has 1 heterocycles. The van der Waals surface area contributed by atoms with E-state index in [-0.39, 0.29) is 37.3 Å². The van der Waals surface area contributed by atoms with E-state index >= 15 is 0 Å². The van der Waals surface area contributed by atoms with Crippen molar-refractivity contribution in [2.75, 3.05) is 13.1 Å². The van der Waals surface area contributed by atoms with Gasteiger partial charge in [0.1, 0.15) is 12.1 Å². The van der Waals surface area contributed by atoms with E-state index in [1.54, 1.807) is 0 Å². The average molecular weight is 581 g/mol. The monoisotopic (exact) mass is 580 g/mol. The molecule has 234 valence electrons. The first kappa shape index (κ1) is 35.9. The second-order valence-electron chi connectivity index (χ2n) is 13.1. The first-order chi connectivity index (χ1) is 18.7. The van der Waals surface area contributed by atoms with Crippen LogP contribution in [-0.2, 0) is 23.9 Å². The van der Waals surface area contributed by atoms with E-state index in [9.17, 15) is 24.0 Å². The van der Waals surface area contributed by atoms with Crippen LogP contribution in [0.15, 0.2) is 12.7 Å². The molecule has 1 fully saturated rings. The van der Waals surface area contributed by atoms with Gasteiger partial charge >= 0.3 is 6.03 Å². The smallest absolute Gasteiger partial charge is 0.315 e. The minimum absolute atomic E-state index is 0.0103. The number of ether oxygens (including phenoxy) is 1. The molecule has 0 radical (unpaired) electrons. The molecule has 0 spiro atoms. The van der Waals surface area contributed by atoms with E-state index in [0.29, 0.717) is 6.42 Å². The fourth-order valence-corrected chi connectivity index (χ4v) is 5.23. The third-order valence-electron chi connectivity index (χ3n) is 6.75. The maximum atomic E-state index is 14.3. The van der Waals surface area contributed by atoms with Gasteiger partial charge in [0.2, 0.25) is 11.8 Å². The Bertz CT molecular complexity index is 970. The number of hydrogen-bond acceptors (Lipinski definition) is 6. The number of nitrogens with two attached hydrogens (primary N) is 1. The number of nitrogens with zero attached hydrogens (tertiary/aromatic N) is 2. The SMILES string of the molecule is C=CC(=O)N(CCC(N)=O)NC(=O)[C@@H]1[C@@H](C(C)C)[C@@H](C)CN1C(=O)[C@@H](NC(=O)NC(C)(C)C)[C@@H](CC)OC(C)(C)C. The average Bonchev–Trinajstić information content (AvgIpc) is 3.18. The van der Waals surface area contributed by atoms with Crippen LogP contribution in [0.4, 0.5) is 4.79 Å². The number of carbonyl (C=O) groups is 5. The molecular formula is C29H52N6O6. The largest absolute Gasteiger partial charge is 0.370 e. The topological polar surface area (TPSA) is 163 Å². The van der Waals surface area contributed by atoms with Gasteiger partial charge in [-0.05, 0) is 71.8 Å². The standard InChI is InChI=1S/C29H52N6O6/c1-12-19(41-29(9,10)11)23(31-27(40)32-28(6,7)8)26(39)34-16-18(5)22(17(3)4)24(34)25(38)33-35(21(37)13-2)15-14-20(30)36/h13,17-19,22-24H,2,12,14-16H2,1,3-11H3,(H2,30,36)(H,33,38)(H2,31,32,40)/t18-,19+,22-,23-,24-/m0/s1. The molecule has 1 aliphatic rings. The molecule has 1 saturated heterocycles. The van der Waals surface area contributed by atoms with Crippen LogP contribution in [0, 0.1) is 17.8 Å². The number of carbonyl (C=O) groups excluding carboxylic acids is 5.